The summed E-state index contributed by atoms with van der Waals surface area (Å²) >= 11 is 0. The van der Waals surface area contributed by atoms with Crippen LogP contribution in [0.15, 0.2) is 30.5 Å². The average molecular weight is 354 g/mol. The molecule has 0 saturated heterocycles. The van der Waals surface area contributed by atoms with Gasteiger partial charge in [-0.05, 0) is 26.3 Å². The molecule has 0 aliphatic heterocycles. The highest BCUT2D eigenvalue weighted by Crippen LogP contribution is 2.27. The van der Waals surface area contributed by atoms with Gasteiger partial charge in [-0.2, -0.15) is 0 Å². The van der Waals surface area contributed by atoms with Crippen molar-refractivity contribution in [2.24, 2.45) is 0 Å². The molecule has 0 bridgehead atoms. The van der Waals surface area contributed by atoms with Crippen LogP contribution >= 0.6 is 0 Å². The molecule has 0 aliphatic carbocycles. The Balaban J connectivity index is 1.98. The Hall–Kier alpha value is -2.77. The molecule has 0 atom stereocenters. The number of benzene rings is 1. The van der Waals surface area contributed by atoms with Crippen molar-refractivity contribution in [2.75, 3.05) is 0 Å². The lowest BCUT2D eigenvalue weighted by Gasteiger charge is -2.19. The van der Waals surface area contributed by atoms with Crippen LogP contribution in [0.25, 0.3) is 0 Å². The molecule has 2 aromatic rings. The Morgan fingerprint density at radius 1 is 1.16 bits per heavy atom. The lowest BCUT2D eigenvalue weighted by molar-refractivity contribution is 0.0523. The van der Waals surface area contributed by atoms with Crippen LogP contribution in [0.4, 0.5) is 18.0 Å². The zero-order chi connectivity index (χ0) is 18.6. The van der Waals surface area contributed by atoms with Gasteiger partial charge in [0.25, 0.3) is 0 Å². The Bertz CT molecular complexity index is 736. The maximum Gasteiger partial charge on any atom is 0.407 e. The van der Waals surface area contributed by atoms with Gasteiger partial charge in [0.2, 0.25) is 11.6 Å². The maximum atomic E-state index is 13.5. The smallest absolute Gasteiger partial charge is 0.407 e. The van der Waals surface area contributed by atoms with Crippen LogP contribution in [0.5, 0.6) is 11.6 Å². The average Bonchev–Trinajstić information content (AvgIpc) is 2.48. The summed E-state index contributed by atoms with van der Waals surface area (Å²) in [5.41, 5.74) is 0.0156. The number of carbonyl (C=O) groups is 1. The van der Waals surface area contributed by atoms with E-state index in [-0.39, 0.29) is 12.4 Å². The highest BCUT2D eigenvalue weighted by Gasteiger charge is 2.16. The van der Waals surface area contributed by atoms with Crippen molar-refractivity contribution in [3.63, 3.8) is 0 Å². The Labute approximate surface area is 142 Å². The molecule has 1 amide bonds. The number of amides is 1. The van der Waals surface area contributed by atoms with Crippen molar-refractivity contribution < 1.29 is 27.4 Å². The molecule has 0 spiro atoms. The predicted molar refractivity (Wildman–Crippen MR) is 83.7 cm³/mol. The molecule has 25 heavy (non-hydrogen) atoms. The SMILES string of the molecule is CC(C)(C)OC(=O)NCc1ccc(Oc2c(F)cc(F)cc2F)nc1. The van der Waals surface area contributed by atoms with E-state index in [1.165, 1.54) is 12.3 Å². The van der Waals surface area contributed by atoms with Gasteiger partial charge in [0, 0.05) is 30.9 Å². The minimum Gasteiger partial charge on any atom is -0.444 e. The minimum atomic E-state index is -1.17. The van der Waals surface area contributed by atoms with E-state index < -0.39 is 34.9 Å². The Morgan fingerprint density at radius 2 is 1.80 bits per heavy atom. The first-order chi connectivity index (χ1) is 11.6. The van der Waals surface area contributed by atoms with Crippen molar-refractivity contribution in [1.29, 1.82) is 0 Å². The van der Waals surface area contributed by atoms with Crippen LogP contribution in [-0.2, 0) is 11.3 Å². The second-order valence-corrected chi connectivity index (χ2v) is 6.16. The number of hydrogen-bond donors (Lipinski definition) is 1. The number of aromatic nitrogens is 1. The largest absolute Gasteiger partial charge is 0.444 e. The van der Waals surface area contributed by atoms with Gasteiger partial charge < -0.3 is 14.8 Å². The quantitative estimate of drug-likeness (QED) is 0.888. The first-order valence-corrected chi connectivity index (χ1v) is 7.38. The van der Waals surface area contributed by atoms with E-state index >= 15 is 0 Å². The number of rotatable bonds is 4. The third-order valence-electron chi connectivity index (χ3n) is 2.80. The van der Waals surface area contributed by atoms with Gasteiger partial charge in [-0.15, -0.1) is 0 Å². The Morgan fingerprint density at radius 3 is 2.32 bits per heavy atom. The molecule has 0 radical (unpaired) electrons. The summed E-state index contributed by atoms with van der Waals surface area (Å²) in [5, 5.41) is 2.55. The molecule has 2 rings (SSSR count). The molecule has 5 nitrogen and oxygen atoms in total. The van der Waals surface area contributed by atoms with Gasteiger partial charge in [-0.25, -0.2) is 22.9 Å². The van der Waals surface area contributed by atoms with Gasteiger partial charge in [0.1, 0.15) is 11.4 Å². The highest BCUT2D eigenvalue weighted by atomic mass is 19.1. The molecular formula is C17H17F3N2O3. The van der Waals surface area contributed by atoms with E-state index in [1.807, 2.05) is 0 Å². The van der Waals surface area contributed by atoms with E-state index in [9.17, 15) is 18.0 Å². The van der Waals surface area contributed by atoms with Gasteiger partial charge in [0.15, 0.2) is 11.6 Å². The van der Waals surface area contributed by atoms with E-state index in [2.05, 4.69) is 10.3 Å². The van der Waals surface area contributed by atoms with Gasteiger partial charge in [-0.1, -0.05) is 6.07 Å². The molecule has 134 valence electrons. The molecule has 8 heteroatoms. The molecule has 0 unspecified atom stereocenters. The minimum absolute atomic E-state index is 0.0783. The van der Waals surface area contributed by atoms with Crippen molar-refractivity contribution >= 4 is 6.09 Å². The summed E-state index contributed by atoms with van der Waals surface area (Å²) in [6.07, 6.45) is 0.787. The number of carbonyl (C=O) groups excluding carboxylic acids is 1. The molecule has 0 fully saturated rings. The highest BCUT2D eigenvalue weighted by molar-refractivity contribution is 5.67. The maximum absolute atomic E-state index is 13.5. The number of halogens is 3. The van der Waals surface area contributed by atoms with E-state index in [4.69, 9.17) is 9.47 Å². The number of pyridine rings is 1. The van der Waals surface area contributed by atoms with Crippen molar-refractivity contribution in [2.45, 2.75) is 32.9 Å². The number of hydrogen-bond acceptors (Lipinski definition) is 4. The fourth-order valence-corrected chi connectivity index (χ4v) is 1.80. The van der Waals surface area contributed by atoms with Gasteiger partial charge >= 0.3 is 6.09 Å². The van der Waals surface area contributed by atoms with Crippen LogP contribution in [0.2, 0.25) is 0 Å². The summed E-state index contributed by atoms with van der Waals surface area (Å²) in [4.78, 5) is 15.4. The zero-order valence-corrected chi connectivity index (χ0v) is 13.9. The Kier molecular flexibility index (Phi) is 5.51. The topological polar surface area (TPSA) is 60.5 Å². The summed E-state index contributed by atoms with van der Waals surface area (Å²) in [6.45, 7) is 5.39. The summed E-state index contributed by atoms with van der Waals surface area (Å²) in [7, 11) is 0. The number of ether oxygens (including phenoxy) is 2. The number of nitrogens with zero attached hydrogens (tertiary/aromatic N) is 1. The molecule has 0 saturated carbocycles. The van der Waals surface area contributed by atoms with Crippen LogP contribution in [0, 0.1) is 17.5 Å². The lowest BCUT2D eigenvalue weighted by Crippen LogP contribution is -2.32. The van der Waals surface area contributed by atoms with Gasteiger partial charge in [-0.3, -0.25) is 0 Å². The number of alkyl carbamates (subject to hydrolysis) is 1. The normalized spacial score (nSPS) is 11.1. The van der Waals surface area contributed by atoms with Crippen LogP contribution in [-0.4, -0.2) is 16.7 Å². The first kappa shape index (κ1) is 18.6. The fraction of sp³-hybridized carbons (Fsp3) is 0.294. The monoisotopic (exact) mass is 354 g/mol. The fourth-order valence-electron chi connectivity index (χ4n) is 1.80. The zero-order valence-electron chi connectivity index (χ0n) is 13.9. The van der Waals surface area contributed by atoms with Crippen molar-refractivity contribution in [1.82, 2.24) is 10.3 Å². The molecule has 1 aromatic heterocycles. The third kappa shape index (κ3) is 5.66. The van der Waals surface area contributed by atoms with Crippen molar-refractivity contribution in [3.05, 3.63) is 53.5 Å². The van der Waals surface area contributed by atoms with Crippen molar-refractivity contribution in [3.8, 4) is 11.6 Å². The molecule has 1 heterocycles. The summed E-state index contributed by atoms with van der Waals surface area (Å²) < 4.78 is 50.0. The van der Waals surface area contributed by atoms with E-state index in [1.54, 1.807) is 26.8 Å². The lowest BCUT2D eigenvalue weighted by atomic mass is 10.2. The second-order valence-electron chi connectivity index (χ2n) is 6.16. The first-order valence-electron chi connectivity index (χ1n) is 7.38. The van der Waals surface area contributed by atoms with Gasteiger partial charge in [0.05, 0.1) is 0 Å². The van der Waals surface area contributed by atoms with Crippen LogP contribution < -0.4 is 10.1 Å². The number of nitrogens with one attached hydrogen (secondary N) is 1. The molecule has 0 aliphatic rings. The van der Waals surface area contributed by atoms with Crippen LogP contribution in [0.3, 0.4) is 0 Å². The summed E-state index contributed by atoms with van der Waals surface area (Å²) in [6, 6.07) is 3.95. The third-order valence-corrected chi connectivity index (χ3v) is 2.80. The second kappa shape index (κ2) is 7.42. The molecule has 1 aromatic carbocycles. The standard InChI is InChI=1S/C17H17F3N2O3/c1-17(2,3)25-16(23)22-9-10-4-5-14(21-8-10)24-15-12(19)6-11(18)7-13(15)20/h4-8H,9H2,1-3H3,(H,22,23). The molecular weight excluding hydrogens is 337 g/mol. The van der Waals surface area contributed by atoms with Crippen LogP contribution in [0.1, 0.15) is 26.3 Å². The predicted octanol–water partition coefficient (Wildman–Crippen LogP) is 4.32. The molecule has 1 N–H and O–H groups in total. The van der Waals surface area contributed by atoms with E-state index in [0.717, 1.165) is 0 Å². The summed E-state index contributed by atoms with van der Waals surface area (Å²) in [5.74, 6) is -4.21. The van der Waals surface area contributed by atoms with E-state index in [0.29, 0.717) is 17.7 Å².